The van der Waals surface area contributed by atoms with Gasteiger partial charge in [-0.05, 0) is 42.8 Å². The number of carboxylic acids is 1. The Kier molecular flexibility index (Phi) is 4.11. The summed E-state index contributed by atoms with van der Waals surface area (Å²) in [7, 11) is 0. The number of hydrogen-bond acceptors (Lipinski definition) is 4. The maximum atomic E-state index is 12.7. The first-order valence-electron chi connectivity index (χ1n) is 7.42. The van der Waals surface area contributed by atoms with Gasteiger partial charge in [0.1, 0.15) is 5.75 Å². The summed E-state index contributed by atoms with van der Waals surface area (Å²) in [5.41, 5.74) is -0.782. The molecule has 0 aliphatic heterocycles. The van der Waals surface area contributed by atoms with Gasteiger partial charge in [0, 0.05) is 10.9 Å². The minimum atomic E-state index is -1.36. The molecule has 5 heteroatoms. The summed E-state index contributed by atoms with van der Waals surface area (Å²) in [6, 6.07) is 14.3. The number of aliphatic carboxylic acids is 1. The van der Waals surface area contributed by atoms with Crippen molar-refractivity contribution in [1.29, 1.82) is 0 Å². The number of carbonyl (C=O) groups excluding carboxylic acids is 1. The number of ketones is 1. The number of thiophene rings is 1. The molecule has 24 heavy (non-hydrogen) atoms. The van der Waals surface area contributed by atoms with Crippen molar-refractivity contribution in [3.63, 3.8) is 0 Å². The quantitative estimate of drug-likeness (QED) is 0.700. The number of carboxylic acid groups (broad SMARTS) is 1. The molecule has 0 saturated heterocycles. The van der Waals surface area contributed by atoms with Gasteiger partial charge >= 0.3 is 5.97 Å². The lowest BCUT2D eigenvalue weighted by atomic mass is 9.99. The molecule has 0 radical (unpaired) electrons. The summed E-state index contributed by atoms with van der Waals surface area (Å²) in [6.07, 6.45) is 0. The van der Waals surface area contributed by atoms with Crippen LogP contribution in [-0.2, 0) is 4.79 Å². The van der Waals surface area contributed by atoms with Crippen LogP contribution >= 0.6 is 11.3 Å². The molecule has 0 spiro atoms. The van der Waals surface area contributed by atoms with Crippen LogP contribution in [0.2, 0.25) is 0 Å². The molecule has 0 amide bonds. The summed E-state index contributed by atoms with van der Waals surface area (Å²) >= 11 is 1.39. The van der Waals surface area contributed by atoms with Gasteiger partial charge in [-0.1, -0.05) is 30.3 Å². The largest absolute Gasteiger partial charge is 0.478 e. The molecule has 1 N–H and O–H groups in total. The molecule has 2 aromatic carbocycles. The minimum absolute atomic E-state index is 0.0507. The number of hydrogen-bond donors (Lipinski definition) is 1. The van der Waals surface area contributed by atoms with Gasteiger partial charge < -0.3 is 9.84 Å². The molecule has 1 aromatic heterocycles. The Morgan fingerprint density at radius 3 is 2.33 bits per heavy atom. The topological polar surface area (TPSA) is 63.6 Å². The molecule has 1 heterocycles. The number of benzene rings is 2. The molecule has 0 atom stereocenters. The van der Waals surface area contributed by atoms with Gasteiger partial charge in [-0.25, -0.2) is 4.79 Å². The Bertz CT molecular complexity index is 910. The Hall–Kier alpha value is -2.66. The maximum absolute atomic E-state index is 12.7. The average molecular weight is 340 g/mol. The van der Waals surface area contributed by atoms with E-state index in [1.54, 1.807) is 18.2 Å². The maximum Gasteiger partial charge on any atom is 0.347 e. The number of rotatable bonds is 5. The number of fused-ring (bicyclic) bond motifs is 1. The second-order valence-electron chi connectivity index (χ2n) is 5.88. The van der Waals surface area contributed by atoms with Crippen LogP contribution in [0.5, 0.6) is 5.75 Å². The van der Waals surface area contributed by atoms with Crippen molar-refractivity contribution in [2.24, 2.45) is 0 Å². The van der Waals surface area contributed by atoms with Crippen LogP contribution in [0.25, 0.3) is 10.8 Å². The zero-order valence-corrected chi connectivity index (χ0v) is 14.1. The SMILES string of the molecule is CC(C)(Oc1ccc(C(=O)c2cccs2)c2ccccc12)C(=O)O. The van der Waals surface area contributed by atoms with Crippen LogP contribution in [0, 0.1) is 0 Å². The lowest BCUT2D eigenvalue weighted by Crippen LogP contribution is -2.37. The van der Waals surface area contributed by atoms with E-state index in [1.807, 2.05) is 35.7 Å². The normalized spacial score (nSPS) is 11.4. The van der Waals surface area contributed by atoms with E-state index in [0.29, 0.717) is 21.6 Å². The van der Waals surface area contributed by atoms with Crippen molar-refractivity contribution in [2.75, 3.05) is 0 Å². The van der Waals surface area contributed by atoms with Crippen molar-refractivity contribution in [3.8, 4) is 5.75 Å². The highest BCUT2D eigenvalue weighted by Crippen LogP contribution is 2.32. The van der Waals surface area contributed by atoms with E-state index < -0.39 is 11.6 Å². The van der Waals surface area contributed by atoms with Gasteiger partial charge in [0.25, 0.3) is 0 Å². The van der Waals surface area contributed by atoms with Crippen LogP contribution in [0.1, 0.15) is 29.1 Å². The average Bonchev–Trinajstić information content (AvgIpc) is 3.08. The van der Waals surface area contributed by atoms with Gasteiger partial charge in [0.2, 0.25) is 5.78 Å². The van der Waals surface area contributed by atoms with Crippen LogP contribution in [0.3, 0.4) is 0 Å². The zero-order chi connectivity index (χ0) is 17.3. The number of carbonyl (C=O) groups is 2. The lowest BCUT2D eigenvalue weighted by Gasteiger charge is -2.23. The second-order valence-corrected chi connectivity index (χ2v) is 6.83. The van der Waals surface area contributed by atoms with E-state index in [4.69, 9.17) is 4.74 Å². The summed E-state index contributed by atoms with van der Waals surface area (Å²) in [5, 5.41) is 12.6. The third kappa shape index (κ3) is 2.90. The third-order valence-corrected chi connectivity index (χ3v) is 4.62. The Balaban J connectivity index is 2.11. The molecule has 0 aliphatic rings. The van der Waals surface area contributed by atoms with Gasteiger partial charge in [-0.3, -0.25) is 4.79 Å². The van der Waals surface area contributed by atoms with E-state index in [1.165, 1.54) is 25.2 Å². The molecule has 0 aliphatic carbocycles. The first-order valence-corrected chi connectivity index (χ1v) is 8.30. The van der Waals surface area contributed by atoms with Crippen molar-refractivity contribution >= 4 is 33.9 Å². The lowest BCUT2D eigenvalue weighted by molar-refractivity contribution is -0.152. The van der Waals surface area contributed by atoms with Gasteiger partial charge in [-0.2, -0.15) is 0 Å². The monoisotopic (exact) mass is 340 g/mol. The van der Waals surface area contributed by atoms with E-state index in [9.17, 15) is 14.7 Å². The predicted molar refractivity (Wildman–Crippen MR) is 94.0 cm³/mol. The minimum Gasteiger partial charge on any atom is -0.478 e. The Morgan fingerprint density at radius 2 is 1.71 bits per heavy atom. The number of ether oxygens (including phenoxy) is 1. The van der Waals surface area contributed by atoms with Gasteiger partial charge in [-0.15, -0.1) is 11.3 Å². The fourth-order valence-electron chi connectivity index (χ4n) is 2.42. The van der Waals surface area contributed by atoms with Crippen LogP contribution < -0.4 is 4.74 Å². The first-order chi connectivity index (χ1) is 11.4. The fourth-order valence-corrected chi connectivity index (χ4v) is 3.10. The predicted octanol–water partition coefficient (Wildman–Crippen LogP) is 4.37. The second kappa shape index (κ2) is 6.09. The van der Waals surface area contributed by atoms with Crippen LogP contribution in [0.15, 0.2) is 53.9 Å². The smallest absolute Gasteiger partial charge is 0.347 e. The van der Waals surface area contributed by atoms with E-state index in [-0.39, 0.29) is 5.78 Å². The molecule has 3 aromatic rings. The molecule has 3 rings (SSSR count). The Labute approximate surface area is 143 Å². The standard InChI is InChI=1S/C19H16O4S/c1-19(2,18(21)22)23-15-10-9-14(12-6-3-4-7-13(12)15)17(20)16-8-5-11-24-16/h3-11H,1-2H3,(H,21,22). The van der Waals surface area contributed by atoms with Crippen molar-refractivity contribution in [1.82, 2.24) is 0 Å². The molecule has 4 nitrogen and oxygen atoms in total. The molecule has 0 fully saturated rings. The molecule has 122 valence electrons. The van der Waals surface area contributed by atoms with E-state index in [2.05, 4.69) is 0 Å². The van der Waals surface area contributed by atoms with Crippen molar-refractivity contribution in [3.05, 3.63) is 64.4 Å². The van der Waals surface area contributed by atoms with Gasteiger partial charge in [0.05, 0.1) is 4.88 Å². The molecule has 0 saturated carbocycles. The Morgan fingerprint density at radius 1 is 1.00 bits per heavy atom. The highest BCUT2D eigenvalue weighted by atomic mass is 32.1. The molecular formula is C19H16O4S. The molecule has 0 unspecified atom stereocenters. The van der Waals surface area contributed by atoms with Crippen molar-refractivity contribution < 1.29 is 19.4 Å². The van der Waals surface area contributed by atoms with Gasteiger partial charge in [0.15, 0.2) is 5.60 Å². The van der Waals surface area contributed by atoms with E-state index in [0.717, 1.165) is 5.39 Å². The highest BCUT2D eigenvalue weighted by molar-refractivity contribution is 7.12. The molecular weight excluding hydrogens is 324 g/mol. The highest BCUT2D eigenvalue weighted by Gasteiger charge is 2.30. The van der Waals surface area contributed by atoms with E-state index >= 15 is 0 Å². The fraction of sp³-hybridized carbons (Fsp3) is 0.158. The zero-order valence-electron chi connectivity index (χ0n) is 13.3. The summed E-state index contributed by atoms with van der Waals surface area (Å²) < 4.78 is 5.69. The summed E-state index contributed by atoms with van der Waals surface area (Å²) in [4.78, 5) is 24.7. The first kappa shape index (κ1) is 16.2. The molecule has 0 bridgehead atoms. The van der Waals surface area contributed by atoms with Crippen LogP contribution in [-0.4, -0.2) is 22.5 Å². The summed E-state index contributed by atoms with van der Waals surface area (Å²) in [5.74, 6) is -0.656. The van der Waals surface area contributed by atoms with Crippen LogP contribution in [0.4, 0.5) is 0 Å². The summed E-state index contributed by atoms with van der Waals surface area (Å²) in [6.45, 7) is 2.99. The van der Waals surface area contributed by atoms with Crippen molar-refractivity contribution in [2.45, 2.75) is 19.4 Å². The third-order valence-electron chi connectivity index (χ3n) is 3.75.